The second kappa shape index (κ2) is 5.07. The topological polar surface area (TPSA) is 34.1 Å². The molecule has 3 aromatic rings. The monoisotopic (exact) mass is 290 g/mol. The lowest BCUT2D eigenvalue weighted by Crippen LogP contribution is -1.89. The molecule has 0 saturated heterocycles. The molecule has 0 amide bonds. The Morgan fingerprint density at radius 1 is 1.16 bits per heavy atom. The standard InChI is InChI=1S/C14H11ClN2OS/c1-18-10-7-5-9(6-8-10)16-14-17-12-4-2-3-11(15)13(12)19-14/h2-8H,1H3,(H,16,17). The zero-order valence-electron chi connectivity index (χ0n) is 10.2. The number of nitrogens with one attached hydrogen (secondary N) is 1. The lowest BCUT2D eigenvalue weighted by Gasteiger charge is -2.03. The molecule has 0 unspecified atom stereocenters. The van der Waals surface area contributed by atoms with Gasteiger partial charge in [-0.1, -0.05) is 29.0 Å². The minimum absolute atomic E-state index is 0.734. The van der Waals surface area contributed by atoms with E-state index >= 15 is 0 Å². The first-order valence-corrected chi connectivity index (χ1v) is 6.92. The number of nitrogens with zero attached hydrogens (tertiary/aromatic N) is 1. The van der Waals surface area contributed by atoms with Gasteiger partial charge in [-0.25, -0.2) is 4.98 Å². The van der Waals surface area contributed by atoms with E-state index in [1.165, 1.54) is 0 Å². The molecule has 5 heteroatoms. The second-order valence-electron chi connectivity index (χ2n) is 3.96. The molecule has 1 aromatic heterocycles. The number of rotatable bonds is 3. The van der Waals surface area contributed by atoms with Crippen LogP contribution in [-0.4, -0.2) is 12.1 Å². The molecular weight excluding hydrogens is 280 g/mol. The number of benzene rings is 2. The van der Waals surface area contributed by atoms with Crippen LogP contribution in [0.2, 0.25) is 5.02 Å². The SMILES string of the molecule is COc1ccc(Nc2nc3cccc(Cl)c3s2)cc1. The Balaban J connectivity index is 1.90. The van der Waals surface area contributed by atoms with Crippen LogP contribution in [0.15, 0.2) is 42.5 Å². The zero-order valence-corrected chi connectivity index (χ0v) is 11.8. The molecule has 19 heavy (non-hydrogen) atoms. The van der Waals surface area contributed by atoms with Gasteiger partial charge >= 0.3 is 0 Å². The van der Waals surface area contributed by atoms with Crippen LogP contribution < -0.4 is 10.1 Å². The summed E-state index contributed by atoms with van der Waals surface area (Å²) >= 11 is 7.68. The number of aromatic nitrogens is 1. The molecule has 96 valence electrons. The third-order valence-electron chi connectivity index (χ3n) is 2.71. The highest BCUT2D eigenvalue weighted by Gasteiger charge is 2.06. The van der Waals surface area contributed by atoms with Gasteiger partial charge in [0.15, 0.2) is 5.13 Å². The molecule has 3 rings (SSSR count). The highest BCUT2D eigenvalue weighted by molar-refractivity contribution is 7.22. The van der Waals surface area contributed by atoms with Crippen LogP contribution in [0.25, 0.3) is 10.2 Å². The Kier molecular flexibility index (Phi) is 3.27. The molecule has 0 saturated carbocycles. The maximum Gasteiger partial charge on any atom is 0.188 e. The number of ether oxygens (including phenoxy) is 1. The molecule has 1 heterocycles. The summed E-state index contributed by atoms with van der Waals surface area (Å²) in [4.78, 5) is 4.50. The summed E-state index contributed by atoms with van der Waals surface area (Å²) in [6.07, 6.45) is 0. The fraction of sp³-hybridized carbons (Fsp3) is 0.0714. The normalized spacial score (nSPS) is 10.6. The van der Waals surface area contributed by atoms with Gasteiger partial charge in [-0.2, -0.15) is 0 Å². The zero-order chi connectivity index (χ0) is 13.2. The van der Waals surface area contributed by atoms with Crippen molar-refractivity contribution in [2.24, 2.45) is 0 Å². The van der Waals surface area contributed by atoms with Crippen molar-refractivity contribution in [3.63, 3.8) is 0 Å². The largest absolute Gasteiger partial charge is 0.497 e. The van der Waals surface area contributed by atoms with Gasteiger partial charge in [0.25, 0.3) is 0 Å². The molecule has 0 aliphatic carbocycles. The van der Waals surface area contributed by atoms with Gasteiger partial charge in [-0.05, 0) is 36.4 Å². The van der Waals surface area contributed by atoms with Crippen molar-refractivity contribution in [2.45, 2.75) is 0 Å². The van der Waals surface area contributed by atoms with Crippen LogP contribution in [0.5, 0.6) is 5.75 Å². The Bertz CT molecular complexity index is 709. The average molecular weight is 291 g/mol. The maximum atomic E-state index is 6.14. The summed E-state index contributed by atoms with van der Waals surface area (Å²) < 4.78 is 6.13. The van der Waals surface area contributed by atoms with Crippen molar-refractivity contribution >= 4 is 44.0 Å². The molecule has 0 bridgehead atoms. The van der Waals surface area contributed by atoms with Crippen molar-refractivity contribution < 1.29 is 4.74 Å². The number of fused-ring (bicyclic) bond motifs is 1. The van der Waals surface area contributed by atoms with Gasteiger partial charge in [0.1, 0.15) is 5.75 Å². The van der Waals surface area contributed by atoms with Crippen LogP contribution in [0.3, 0.4) is 0 Å². The fourth-order valence-corrected chi connectivity index (χ4v) is 2.94. The van der Waals surface area contributed by atoms with Crippen molar-refractivity contribution in [2.75, 3.05) is 12.4 Å². The Morgan fingerprint density at radius 2 is 1.95 bits per heavy atom. The summed E-state index contributed by atoms with van der Waals surface area (Å²) in [6, 6.07) is 13.4. The minimum Gasteiger partial charge on any atom is -0.497 e. The number of thiazole rings is 1. The first kappa shape index (κ1) is 12.3. The fourth-order valence-electron chi connectivity index (χ4n) is 1.77. The van der Waals surface area contributed by atoms with E-state index < -0.39 is 0 Å². The van der Waals surface area contributed by atoms with E-state index in [0.717, 1.165) is 31.8 Å². The summed E-state index contributed by atoms with van der Waals surface area (Å²) in [5, 5.41) is 4.83. The molecular formula is C14H11ClN2OS. The van der Waals surface area contributed by atoms with Crippen molar-refractivity contribution in [3.8, 4) is 5.75 Å². The first-order valence-electron chi connectivity index (χ1n) is 5.72. The van der Waals surface area contributed by atoms with Crippen LogP contribution in [0.1, 0.15) is 0 Å². The second-order valence-corrected chi connectivity index (χ2v) is 5.37. The smallest absolute Gasteiger partial charge is 0.188 e. The van der Waals surface area contributed by atoms with Gasteiger partial charge in [-0.3, -0.25) is 0 Å². The highest BCUT2D eigenvalue weighted by atomic mass is 35.5. The predicted molar refractivity (Wildman–Crippen MR) is 80.9 cm³/mol. The van der Waals surface area contributed by atoms with Gasteiger partial charge in [0, 0.05) is 5.69 Å². The number of hydrogen-bond donors (Lipinski definition) is 1. The van der Waals surface area contributed by atoms with Crippen molar-refractivity contribution in [1.29, 1.82) is 0 Å². The maximum absolute atomic E-state index is 6.14. The third kappa shape index (κ3) is 2.50. The van der Waals surface area contributed by atoms with E-state index in [2.05, 4.69) is 10.3 Å². The summed E-state index contributed by atoms with van der Waals surface area (Å²) in [7, 11) is 1.65. The average Bonchev–Trinajstić information content (AvgIpc) is 2.84. The van der Waals surface area contributed by atoms with E-state index in [4.69, 9.17) is 16.3 Å². The van der Waals surface area contributed by atoms with Crippen LogP contribution in [0, 0.1) is 0 Å². The van der Waals surface area contributed by atoms with Gasteiger partial charge < -0.3 is 10.1 Å². The van der Waals surface area contributed by atoms with E-state index in [9.17, 15) is 0 Å². The van der Waals surface area contributed by atoms with Gasteiger partial charge in [0.05, 0.1) is 22.3 Å². The lowest BCUT2D eigenvalue weighted by molar-refractivity contribution is 0.415. The van der Waals surface area contributed by atoms with E-state index in [-0.39, 0.29) is 0 Å². The predicted octanol–water partition coefficient (Wildman–Crippen LogP) is 4.70. The molecule has 0 aliphatic heterocycles. The molecule has 0 atom stereocenters. The summed E-state index contributed by atoms with van der Waals surface area (Å²) in [6.45, 7) is 0. The van der Waals surface area contributed by atoms with Crippen molar-refractivity contribution in [1.82, 2.24) is 4.98 Å². The number of halogens is 1. The van der Waals surface area contributed by atoms with E-state index in [1.807, 2.05) is 42.5 Å². The Hall–Kier alpha value is -1.78. The lowest BCUT2D eigenvalue weighted by atomic mass is 10.3. The molecule has 1 N–H and O–H groups in total. The molecule has 0 aliphatic rings. The molecule has 3 nitrogen and oxygen atoms in total. The van der Waals surface area contributed by atoms with Gasteiger partial charge in [0.2, 0.25) is 0 Å². The number of anilines is 2. The van der Waals surface area contributed by atoms with Gasteiger partial charge in [-0.15, -0.1) is 0 Å². The van der Waals surface area contributed by atoms with E-state index in [1.54, 1.807) is 18.4 Å². The quantitative estimate of drug-likeness (QED) is 0.759. The van der Waals surface area contributed by atoms with Crippen LogP contribution in [0.4, 0.5) is 10.8 Å². The Morgan fingerprint density at radius 3 is 2.63 bits per heavy atom. The number of methoxy groups -OCH3 is 1. The summed E-state index contributed by atoms with van der Waals surface area (Å²) in [5.41, 5.74) is 1.88. The number of hydrogen-bond acceptors (Lipinski definition) is 4. The van der Waals surface area contributed by atoms with Crippen LogP contribution in [-0.2, 0) is 0 Å². The summed E-state index contributed by atoms with van der Waals surface area (Å²) in [5.74, 6) is 0.831. The van der Waals surface area contributed by atoms with Crippen molar-refractivity contribution in [3.05, 3.63) is 47.5 Å². The minimum atomic E-state index is 0.734. The molecule has 0 radical (unpaired) electrons. The Labute approximate surface area is 119 Å². The first-order chi connectivity index (χ1) is 9.26. The molecule has 0 spiro atoms. The third-order valence-corrected chi connectivity index (χ3v) is 4.16. The molecule has 2 aromatic carbocycles. The van der Waals surface area contributed by atoms with E-state index in [0.29, 0.717) is 0 Å². The highest BCUT2D eigenvalue weighted by Crippen LogP contribution is 2.33. The van der Waals surface area contributed by atoms with Crippen LogP contribution >= 0.6 is 22.9 Å². The molecule has 0 fully saturated rings.